The monoisotopic (exact) mass is 252 g/mol. The van der Waals surface area contributed by atoms with Crippen LogP contribution in [0.15, 0.2) is 27.4 Å². The molecule has 0 aliphatic rings. The van der Waals surface area contributed by atoms with Crippen LogP contribution in [0, 0.1) is 0 Å². The van der Waals surface area contributed by atoms with Gasteiger partial charge in [-0.25, -0.2) is 4.79 Å². The van der Waals surface area contributed by atoms with E-state index in [-0.39, 0.29) is 6.61 Å². The minimum atomic E-state index is -0.724. The van der Waals surface area contributed by atoms with Crippen LogP contribution in [0.4, 0.5) is 0 Å². The van der Waals surface area contributed by atoms with Crippen LogP contribution >= 0.6 is 0 Å². The number of oxazole rings is 1. The van der Waals surface area contributed by atoms with Crippen LogP contribution < -0.4 is 11.1 Å². The Labute approximate surface area is 103 Å². The predicted octanol–water partition coefficient (Wildman–Crippen LogP) is -0.394. The lowest BCUT2D eigenvalue weighted by atomic mass is 10.1. The van der Waals surface area contributed by atoms with Gasteiger partial charge in [-0.05, 0) is 30.7 Å². The van der Waals surface area contributed by atoms with E-state index in [9.17, 15) is 4.79 Å². The number of aromatic nitrogens is 1. The molecule has 6 heteroatoms. The molecule has 4 N–H and O–H groups in total. The van der Waals surface area contributed by atoms with E-state index in [1.54, 1.807) is 6.07 Å². The molecule has 98 valence electrons. The van der Waals surface area contributed by atoms with Gasteiger partial charge in [-0.2, -0.15) is 0 Å². The second-order valence-electron chi connectivity index (χ2n) is 4.14. The molecule has 1 aromatic heterocycles. The molecule has 1 aromatic carbocycles. The summed E-state index contributed by atoms with van der Waals surface area (Å²) in [6.45, 7) is 0.807. The summed E-state index contributed by atoms with van der Waals surface area (Å²) < 4.78 is 4.91. The van der Waals surface area contributed by atoms with Crippen LogP contribution in [0.1, 0.15) is 5.56 Å². The van der Waals surface area contributed by atoms with Gasteiger partial charge in [-0.15, -0.1) is 0 Å². The van der Waals surface area contributed by atoms with Gasteiger partial charge >= 0.3 is 5.76 Å². The lowest BCUT2D eigenvalue weighted by Gasteiger charge is -2.08. The van der Waals surface area contributed by atoms with Crippen molar-refractivity contribution in [3.05, 3.63) is 34.3 Å². The predicted molar refractivity (Wildman–Crippen MR) is 66.5 cm³/mol. The van der Waals surface area contributed by atoms with Crippen molar-refractivity contribution in [2.24, 2.45) is 0 Å². The summed E-state index contributed by atoms with van der Waals surface area (Å²) in [5.41, 5.74) is 2.30. The number of nitrogens with one attached hydrogen (secondary N) is 2. The molecule has 1 unspecified atom stereocenters. The van der Waals surface area contributed by atoms with Crippen molar-refractivity contribution < 1.29 is 14.6 Å². The number of benzene rings is 1. The molecule has 18 heavy (non-hydrogen) atoms. The van der Waals surface area contributed by atoms with Crippen molar-refractivity contribution in [3.8, 4) is 0 Å². The lowest BCUT2D eigenvalue weighted by Crippen LogP contribution is -2.30. The summed E-state index contributed by atoms with van der Waals surface area (Å²) in [5.74, 6) is -0.452. The first-order valence-corrected chi connectivity index (χ1v) is 5.80. The average molecular weight is 252 g/mol. The minimum Gasteiger partial charge on any atom is -0.408 e. The second kappa shape index (κ2) is 5.81. The van der Waals surface area contributed by atoms with Crippen molar-refractivity contribution >= 4 is 11.1 Å². The normalized spacial score (nSPS) is 13.0. The highest BCUT2D eigenvalue weighted by atomic mass is 16.4. The van der Waals surface area contributed by atoms with Gasteiger partial charge in [0.15, 0.2) is 5.58 Å². The highest BCUT2D eigenvalue weighted by Crippen LogP contribution is 2.12. The minimum absolute atomic E-state index is 0.241. The summed E-state index contributed by atoms with van der Waals surface area (Å²) in [6, 6.07) is 5.51. The van der Waals surface area contributed by atoms with Crippen LogP contribution in [-0.2, 0) is 6.42 Å². The molecule has 1 atom stereocenters. The molecule has 0 aliphatic heterocycles. The third-order valence-corrected chi connectivity index (χ3v) is 2.66. The molecule has 0 aliphatic carbocycles. The third-order valence-electron chi connectivity index (χ3n) is 2.66. The molecule has 0 saturated heterocycles. The fourth-order valence-electron chi connectivity index (χ4n) is 1.72. The topological polar surface area (TPSA) is 98.5 Å². The molecule has 6 nitrogen and oxygen atoms in total. The van der Waals surface area contributed by atoms with Crippen molar-refractivity contribution in [3.63, 3.8) is 0 Å². The second-order valence-corrected chi connectivity index (χ2v) is 4.14. The number of aliphatic hydroxyl groups is 2. The fourth-order valence-corrected chi connectivity index (χ4v) is 1.72. The third kappa shape index (κ3) is 3.19. The Morgan fingerprint density at radius 2 is 2.28 bits per heavy atom. The van der Waals surface area contributed by atoms with E-state index in [1.807, 2.05) is 12.1 Å². The van der Waals surface area contributed by atoms with E-state index in [0.717, 1.165) is 12.0 Å². The van der Waals surface area contributed by atoms with Crippen molar-refractivity contribution in [1.29, 1.82) is 0 Å². The van der Waals surface area contributed by atoms with E-state index in [0.29, 0.717) is 24.2 Å². The standard InChI is InChI=1S/C12H16N2O4/c15-7-9(16)6-13-4-3-8-1-2-11-10(5-8)14-12(17)18-11/h1-2,5,9,13,15-16H,3-4,6-7H2,(H,14,17). The van der Waals surface area contributed by atoms with E-state index >= 15 is 0 Å². The number of hydrogen-bond donors (Lipinski definition) is 4. The number of rotatable bonds is 6. The molecule has 0 saturated carbocycles. The first-order chi connectivity index (χ1) is 8.69. The Morgan fingerprint density at radius 3 is 3.06 bits per heavy atom. The van der Waals surface area contributed by atoms with Gasteiger partial charge < -0.3 is 19.9 Å². The average Bonchev–Trinajstić information content (AvgIpc) is 2.73. The van der Waals surface area contributed by atoms with Gasteiger partial charge in [0.05, 0.1) is 18.2 Å². The first-order valence-electron chi connectivity index (χ1n) is 5.80. The van der Waals surface area contributed by atoms with Crippen LogP contribution in [0.5, 0.6) is 0 Å². The van der Waals surface area contributed by atoms with Gasteiger partial charge in [0.25, 0.3) is 0 Å². The van der Waals surface area contributed by atoms with Crippen molar-refractivity contribution in [1.82, 2.24) is 10.3 Å². The maximum Gasteiger partial charge on any atom is 0.417 e. The van der Waals surface area contributed by atoms with Crippen LogP contribution in [0.3, 0.4) is 0 Å². The molecule has 0 spiro atoms. The van der Waals surface area contributed by atoms with Gasteiger partial charge in [0, 0.05) is 6.54 Å². The van der Waals surface area contributed by atoms with Crippen molar-refractivity contribution in [2.75, 3.05) is 19.7 Å². The van der Waals surface area contributed by atoms with Crippen molar-refractivity contribution in [2.45, 2.75) is 12.5 Å². The van der Waals surface area contributed by atoms with E-state index < -0.39 is 11.9 Å². The molecule has 0 radical (unpaired) electrons. The Bertz CT molecular complexity index is 560. The summed E-state index contributed by atoms with van der Waals surface area (Å²) in [6.07, 6.45) is 0.0408. The molecule has 0 fully saturated rings. The van der Waals surface area contributed by atoms with E-state index in [4.69, 9.17) is 14.6 Å². The molecule has 2 rings (SSSR count). The Kier molecular flexibility index (Phi) is 4.14. The largest absolute Gasteiger partial charge is 0.417 e. The van der Waals surface area contributed by atoms with Gasteiger partial charge in [-0.1, -0.05) is 6.07 Å². The van der Waals surface area contributed by atoms with E-state index in [1.165, 1.54) is 0 Å². The summed E-state index contributed by atoms with van der Waals surface area (Å²) in [7, 11) is 0. The zero-order valence-corrected chi connectivity index (χ0v) is 9.85. The molecule has 2 aromatic rings. The van der Waals surface area contributed by atoms with Crippen LogP contribution in [0.25, 0.3) is 11.1 Å². The summed E-state index contributed by atoms with van der Waals surface area (Å²) in [4.78, 5) is 13.6. The Morgan fingerprint density at radius 1 is 1.44 bits per heavy atom. The first kappa shape index (κ1) is 12.8. The molecular formula is C12H16N2O4. The lowest BCUT2D eigenvalue weighted by molar-refractivity contribution is 0.0947. The summed E-state index contributed by atoms with van der Waals surface area (Å²) in [5, 5.41) is 20.8. The van der Waals surface area contributed by atoms with E-state index in [2.05, 4.69) is 10.3 Å². The number of fused-ring (bicyclic) bond motifs is 1. The maximum absolute atomic E-state index is 11.0. The molecule has 0 bridgehead atoms. The number of hydrogen-bond acceptors (Lipinski definition) is 5. The summed E-state index contributed by atoms with van der Waals surface area (Å²) >= 11 is 0. The van der Waals surface area contributed by atoms with Gasteiger partial charge in [0.2, 0.25) is 0 Å². The fraction of sp³-hybridized carbons (Fsp3) is 0.417. The molecule has 0 amide bonds. The zero-order valence-electron chi connectivity index (χ0n) is 9.85. The number of H-pyrrole nitrogens is 1. The molecular weight excluding hydrogens is 236 g/mol. The smallest absolute Gasteiger partial charge is 0.408 e. The Balaban J connectivity index is 1.89. The number of aromatic amines is 1. The van der Waals surface area contributed by atoms with Gasteiger partial charge in [-0.3, -0.25) is 4.98 Å². The highest BCUT2D eigenvalue weighted by Gasteiger charge is 2.03. The zero-order chi connectivity index (χ0) is 13.0. The molecule has 1 heterocycles. The SMILES string of the molecule is O=c1[nH]c2cc(CCNCC(O)CO)ccc2o1. The van der Waals surface area contributed by atoms with Crippen LogP contribution in [-0.4, -0.2) is 41.0 Å². The quantitative estimate of drug-likeness (QED) is 0.525. The Hall–Kier alpha value is -1.63. The van der Waals surface area contributed by atoms with Gasteiger partial charge in [0.1, 0.15) is 0 Å². The number of aliphatic hydroxyl groups excluding tert-OH is 2. The maximum atomic E-state index is 11.0. The van der Waals surface area contributed by atoms with Crippen LogP contribution in [0.2, 0.25) is 0 Å². The highest BCUT2D eigenvalue weighted by molar-refractivity contribution is 5.72.